The lowest BCUT2D eigenvalue weighted by Crippen LogP contribution is -2.51. The Morgan fingerprint density at radius 2 is 1.64 bits per heavy atom. The predicted molar refractivity (Wildman–Crippen MR) is 106 cm³/mol. The zero-order valence-electron chi connectivity index (χ0n) is 15.0. The topological polar surface area (TPSA) is 27.3 Å². The van der Waals surface area contributed by atoms with Crippen LogP contribution in [0.1, 0.15) is 25.7 Å². The summed E-state index contributed by atoms with van der Waals surface area (Å²) in [5, 5.41) is 7.39. The van der Waals surface area contributed by atoms with E-state index in [2.05, 4.69) is 70.1 Å². The number of nitrogens with zero attached hydrogens (tertiary/aromatic N) is 1. The van der Waals surface area contributed by atoms with Crippen molar-refractivity contribution in [3.8, 4) is 11.1 Å². The lowest BCUT2D eigenvalue weighted by molar-refractivity contribution is 0.318. The maximum absolute atomic E-state index is 3.88. The van der Waals surface area contributed by atoms with Crippen molar-refractivity contribution in [3.05, 3.63) is 54.6 Å². The minimum atomic E-state index is 0.673. The molecule has 4 rings (SSSR count). The summed E-state index contributed by atoms with van der Waals surface area (Å²) in [6.45, 7) is 4.62. The quantitative estimate of drug-likeness (QED) is 0.893. The van der Waals surface area contributed by atoms with Crippen LogP contribution in [0.4, 0.5) is 5.69 Å². The fraction of sp³-hybridized carbons (Fsp3) is 0.455. The molecule has 0 aliphatic carbocycles. The minimum Gasteiger partial charge on any atom is -0.371 e. The molecular weight excluding hydrogens is 306 g/mol. The van der Waals surface area contributed by atoms with Gasteiger partial charge in [0.15, 0.2) is 0 Å². The van der Waals surface area contributed by atoms with E-state index in [1.165, 1.54) is 49.0 Å². The van der Waals surface area contributed by atoms with Crippen molar-refractivity contribution in [1.82, 2.24) is 10.6 Å². The van der Waals surface area contributed by atoms with Crippen LogP contribution in [0.2, 0.25) is 0 Å². The zero-order chi connectivity index (χ0) is 16.9. The van der Waals surface area contributed by atoms with Gasteiger partial charge in [0, 0.05) is 37.4 Å². The van der Waals surface area contributed by atoms with Crippen molar-refractivity contribution in [2.75, 3.05) is 31.1 Å². The Labute approximate surface area is 151 Å². The Kier molecular flexibility index (Phi) is 5.34. The summed E-state index contributed by atoms with van der Waals surface area (Å²) in [5.74, 6) is 0. The average Bonchev–Trinajstić information content (AvgIpc) is 2.70. The second-order valence-corrected chi connectivity index (χ2v) is 7.39. The molecule has 2 fully saturated rings. The van der Waals surface area contributed by atoms with E-state index in [0.717, 1.165) is 19.6 Å². The van der Waals surface area contributed by atoms with E-state index in [9.17, 15) is 0 Å². The standard InChI is InChI=1S/C22H29N3/c1-2-6-18(7-3-1)19-8-4-10-22(16-19)25-14-11-20(12-15-25)24-21-9-5-13-23-17-21/h1-4,6-8,10,16,20-21,23-24H,5,9,11-15,17H2. The van der Waals surface area contributed by atoms with E-state index in [-0.39, 0.29) is 0 Å². The van der Waals surface area contributed by atoms with Crippen LogP contribution in [0.25, 0.3) is 11.1 Å². The number of benzene rings is 2. The summed E-state index contributed by atoms with van der Waals surface area (Å²) in [5.41, 5.74) is 3.97. The van der Waals surface area contributed by atoms with Crippen molar-refractivity contribution >= 4 is 5.69 Å². The summed E-state index contributed by atoms with van der Waals surface area (Å²) < 4.78 is 0. The number of hydrogen-bond donors (Lipinski definition) is 2. The molecule has 3 nitrogen and oxygen atoms in total. The van der Waals surface area contributed by atoms with E-state index in [1.54, 1.807) is 0 Å². The molecule has 2 aliphatic rings. The van der Waals surface area contributed by atoms with Crippen LogP contribution in [0.15, 0.2) is 54.6 Å². The van der Waals surface area contributed by atoms with Gasteiger partial charge in [0.25, 0.3) is 0 Å². The normalized spacial score (nSPS) is 22.1. The summed E-state index contributed by atoms with van der Waals surface area (Å²) in [6.07, 6.45) is 5.12. The van der Waals surface area contributed by atoms with E-state index >= 15 is 0 Å². The third-order valence-electron chi connectivity index (χ3n) is 5.58. The van der Waals surface area contributed by atoms with Crippen LogP contribution in [0.5, 0.6) is 0 Å². The molecule has 0 spiro atoms. The van der Waals surface area contributed by atoms with Gasteiger partial charge in [0.05, 0.1) is 0 Å². The number of nitrogens with one attached hydrogen (secondary N) is 2. The van der Waals surface area contributed by atoms with Crippen LogP contribution in [0, 0.1) is 0 Å². The first-order valence-electron chi connectivity index (χ1n) is 9.76. The van der Waals surface area contributed by atoms with Gasteiger partial charge in [-0.05, 0) is 55.5 Å². The minimum absolute atomic E-state index is 0.673. The first-order valence-corrected chi connectivity index (χ1v) is 9.76. The van der Waals surface area contributed by atoms with Crippen molar-refractivity contribution in [2.24, 2.45) is 0 Å². The maximum atomic E-state index is 3.88. The monoisotopic (exact) mass is 335 g/mol. The van der Waals surface area contributed by atoms with Crippen molar-refractivity contribution in [3.63, 3.8) is 0 Å². The lowest BCUT2D eigenvalue weighted by atomic mass is 9.99. The smallest absolute Gasteiger partial charge is 0.0372 e. The van der Waals surface area contributed by atoms with Crippen molar-refractivity contribution in [2.45, 2.75) is 37.8 Å². The summed E-state index contributed by atoms with van der Waals surface area (Å²) in [4.78, 5) is 2.55. The highest BCUT2D eigenvalue weighted by molar-refractivity contribution is 5.68. The Balaban J connectivity index is 1.36. The lowest BCUT2D eigenvalue weighted by Gasteiger charge is -2.37. The number of piperidine rings is 2. The van der Waals surface area contributed by atoms with E-state index in [1.807, 2.05) is 0 Å². The maximum Gasteiger partial charge on any atom is 0.0372 e. The predicted octanol–water partition coefficient (Wildman–Crippen LogP) is 3.66. The highest BCUT2D eigenvalue weighted by Crippen LogP contribution is 2.26. The molecule has 1 unspecified atom stereocenters. The van der Waals surface area contributed by atoms with Gasteiger partial charge in [-0.3, -0.25) is 0 Å². The molecule has 0 saturated carbocycles. The molecule has 0 radical (unpaired) electrons. The first kappa shape index (κ1) is 16.6. The third-order valence-corrected chi connectivity index (χ3v) is 5.58. The van der Waals surface area contributed by atoms with Gasteiger partial charge in [0.1, 0.15) is 0 Å². The van der Waals surface area contributed by atoms with Crippen LogP contribution in [-0.2, 0) is 0 Å². The highest BCUT2D eigenvalue weighted by Gasteiger charge is 2.22. The number of anilines is 1. The largest absolute Gasteiger partial charge is 0.371 e. The Morgan fingerprint density at radius 1 is 0.840 bits per heavy atom. The fourth-order valence-electron chi connectivity index (χ4n) is 4.14. The highest BCUT2D eigenvalue weighted by atomic mass is 15.2. The Morgan fingerprint density at radius 3 is 2.40 bits per heavy atom. The van der Waals surface area contributed by atoms with Gasteiger partial charge >= 0.3 is 0 Å². The fourth-order valence-corrected chi connectivity index (χ4v) is 4.14. The van der Waals surface area contributed by atoms with Gasteiger partial charge in [0.2, 0.25) is 0 Å². The molecule has 0 aromatic heterocycles. The van der Waals surface area contributed by atoms with E-state index in [0.29, 0.717) is 12.1 Å². The second-order valence-electron chi connectivity index (χ2n) is 7.39. The summed E-state index contributed by atoms with van der Waals surface area (Å²) in [6, 6.07) is 21.0. The van der Waals surface area contributed by atoms with Crippen molar-refractivity contribution in [1.29, 1.82) is 0 Å². The van der Waals surface area contributed by atoms with Crippen LogP contribution in [0.3, 0.4) is 0 Å². The van der Waals surface area contributed by atoms with Crippen LogP contribution < -0.4 is 15.5 Å². The molecule has 0 amide bonds. The average molecular weight is 335 g/mol. The molecule has 2 saturated heterocycles. The van der Waals surface area contributed by atoms with Gasteiger partial charge < -0.3 is 15.5 Å². The molecule has 2 N–H and O–H groups in total. The Hall–Kier alpha value is -1.84. The van der Waals surface area contributed by atoms with E-state index < -0.39 is 0 Å². The first-order chi connectivity index (χ1) is 12.4. The van der Waals surface area contributed by atoms with Gasteiger partial charge in [-0.1, -0.05) is 42.5 Å². The second kappa shape index (κ2) is 8.03. The molecule has 2 aliphatic heterocycles. The van der Waals surface area contributed by atoms with Crippen molar-refractivity contribution < 1.29 is 0 Å². The van der Waals surface area contributed by atoms with Crippen LogP contribution >= 0.6 is 0 Å². The SMILES string of the molecule is c1ccc(-c2cccc(N3CCC(NC4CCCNC4)CC3)c2)cc1. The Bertz CT molecular complexity index is 656. The van der Waals surface area contributed by atoms with Gasteiger partial charge in [-0.15, -0.1) is 0 Å². The molecule has 0 bridgehead atoms. The molecule has 25 heavy (non-hydrogen) atoms. The van der Waals surface area contributed by atoms with Crippen LogP contribution in [-0.4, -0.2) is 38.3 Å². The van der Waals surface area contributed by atoms with E-state index in [4.69, 9.17) is 0 Å². The number of rotatable bonds is 4. The third kappa shape index (κ3) is 4.23. The zero-order valence-corrected chi connectivity index (χ0v) is 15.0. The molecule has 2 aromatic rings. The molecule has 132 valence electrons. The molecule has 2 aromatic carbocycles. The molecule has 3 heteroatoms. The summed E-state index contributed by atoms with van der Waals surface area (Å²) in [7, 11) is 0. The van der Waals surface area contributed by atoms with Gasteiger partial charge in [-0.2, -0.15) is 0 Å². The summed E-state index contributed by atoms with van der Waals surface area (Å²) >= 11 is 0. The molecular formula is C22H29N3. The van der Waals surface area contributed by atoms with Gasteiger partial charge in [-0.25, -0.2) is 0 Å². The molecule has 2 heterocycles. The molecule has 1 atom stereocenters. The number of hydrogen-bond acceptors (Lipinski definition) is 3.